The van der Waals surface area contributed by atoms with E-state index in [4.69, 9.17) is 9.47 Å². The van der Waals surface area contributed by atoms with Crippen LogP contribution in [0.15, 0.2) is 30.5 Å². The van der Waals surface area contributed by atoms with E-state index in [0.717, 1.165) is 15.6 Å². The fourth-order valence-electron chi connectivity index (χ4n) is 3.31. The predicted octanol–water partition coefficient (Wildman–Crippen LogP) is 2.20. The highest BCUT2D eigenvalue weighted by Crippen LogP contribution is 2.27. The van der Waals surface area contributed by atoms with Gasteiger partial charge >= 0.3 is 0 Å². The Labute approximate surface area is 170 Å². The molecule has 0 saturated heterocycles. The Morgan fingerprint density at radius 2 is 2.00 bits per heavy atom. The van der Waals surface area contributed by atoms with Gasteiger partial charge < -0.3 is 19.2 Å². The van der Waals surface area contributed by atoms with Gasteiger partial charge in [0.25, 0.3) is 0 Å². The lowest BCUT2D eigenvalue weighted by atomic mass is 10.1. The molecule has 158 valence electrons. The Kier molecular flexibility index (Phi) is 6.11. The first kappa shape index (κ1) is 21.5. The maximum Gasteiger partial charge on any atom is 0.226 e. The van der Waals surface area contributed by atoms with E-state index in [-0.39, 0.29) is 12.4 Å². The lowest BCUT2D eigenvalue weighted by Crippen LogP contribution is -2.33. The van der Waals surface area contributed by atoms with Crippen molar-refractivity contribution in [2.45, 2.75) is 39.5 Å². The maximum absolute atomic E-state index is 12.4. The third-order valence-corrected chi connectivity index (χ3v) is 5.54. The smallest absolute Gasteiger partial charge is 0.226 e. The van der Waals surface area contributed by atoms with Gasteiger partial charge in [0.15, 0.2) is 5.52 Å². The van der Waals surface area contributed by atoms with Crippen LogP contribution in [0.4, 0.5) is 0 Å². The maximum atomic E-state index is 12.4. The fourth-order valence-corrected chi connectivity index (χ4v) is 3.70. The van der Waals surface area contributed by atoms with Crippen LogP contribution in [0.5, 0.6) is 0 Å². The Morgan fingerprint density at radius 3 is 2.69 bits per heavy atom. The number of benzene rings is 1. The van der Waals surface area contributed by atoms with Gasteiger partial charge in [-0.3, -0.25) is 0 Å². The molecule has 0 bridgehead atoms. The third kappa shape index (κ3) is 5.04. The SMILES string of the molecule is CCOCc1nc2c[n+]([O-])c3ccccc3c2n1CC(C)(C)OCCS(C)(=O)=O. The van der Waals surface area contributed by atoms with E-state index in [1.807, 2.05) is 43.5 Å². The summed E-state index contributed by atoms with van der Waals surface area (Å²) in [5.41, 5.74) is 1.33. The van der Waals surface area contributed by atoms with Gasteiger partial charge in [-0.15, -0.1) is 0 Å². The first-order valence-corrected chi connectivity index (χ1v) is 11.6. The number of rotatable bonds is 9. The van der Waals surface area contributed by atoms with Gasteiger partial charge in [0, 0.05) is 18.9 Å². The van der Waals surface area contributed by atoms with Gasteiger partial charge in [0.2, 0.25) is 11.7 Å². The number of hydrogen-bond donors (Lipinski definition) is 0. The van der Waals surface area contributed by atoms with Crippen molar-refractivity contribution in [3.63, 3.8) is 0 Å². The van der Waals surface area contributed by atoms with Crippen LogP contribution in [0.3, 0.4) is 0 Å². The van der Waals surface area contributed by atoms with Crippen molar-refractivity contribution in [1.29, 1.82) is 0 Å². The number of ether oxygens (including phenoxy) is 2. The van der Waals surface area contributed by atoms with Crippen LogP contribution in [0.2, 0.25) is 0 Å². The zero-order chi connectivity index (χ0) is 21.2. The number of nitrogens with zero attached hydrogens (tertiary/aromatic N) is 3. The summed E-state index contributed by atoms with van der Waals surface area (Å²) >= 11 is 0. The van der Waals surface area contributed by atoms with Crippen molar-refractivity contribution in [3.8, 4) is 0 Å². The van der Waals surface area contributed by atoms with E-state index in [1.54, 1.807) is 6.07 Å². The first-order chi connectivity index (χ1) is 13.6. The van der Waals surface area contributed by atoms with Crippen LogP contribution in [0, 0.1) is 5.21 Å². The highest BCUT2D eigenvalue weighted by molar-refractivity contribution is 7.90. The lowest BCUT2D eigenvalue weighted by Gasteiger charge is -2.27. The van der Waals surface area contributed by atoms with E-state index in [2.05, 4.69) is 4.98 Å². The normalized spacial score (nSPS) is 12.8. The summed E-state index contributed by atoms with van der Waals surface area (Å²) in [4.78, 5) is 4.63. The number of para-hydroxylation sites is 1. The molecule has 29 heavy (non-hydrogen) atoms. The van der Waals surface area contributed by atoms with Crippen molar-refractivity contribution in [2.75, 3.05) is 25.2 Å². The van der Waals surface area contributed by atoms with Gasteiger partial charge in [-0.05, 0) is 26.8 Å². The molecule has 0 amide bonds. The van der Waals surface area contributed by atoms with Crippen LogP contribution >= 0.6 is 0 Å². The lowest BCUT2D eigenvalue weighted by molar-refractivity contribution is -0.575. The zero-order valence-electron chi connectivity index (χ0n) is 17.2. The number of fused-ring (bicyclic) bond motifs is 3. The van der Waals surface area contributed by atoms with Gasteiger partial charge in [-0.25, -0.2) is 13.4 Å². The molecule has 0 spiro atoms. The molecule has 9 heteroatoms. The highest BCUT2D eigenvalue weighted by Gasteiger charge is 2.26. The second-order valence-electron chi connectivity index (χ2n) is 7.70. The Bertz CT molecular complexity index is 1120. The van der Waals surface area contributed by atoms with Crippen LogP contribution in [0.1, 0.15) is 26.6 Å². The van der Waals surface area contributed by atoms with Gasteiger partial charge in [-0.1, -0.05) is 12.1 Å². The minimum absolute atomic E-state index is 0.0357. The predicted molar refractivity (Wildman–Crippen MR) is 111 cm³/mol. The Morgan fingerprint density at radius 1 is 1.28 bits per heavy atom. The summed E-state index contributed by atoms with van der Waals surface area (Å²) in [5.74, 6) is 0.657. The number of hydrogen-bond acceptors (Lipinski definition) is 6. The highest BCUT2D eigenvalue weighted by atomic mass is 32.2. The summed E-state index contributed by atoms with van der Waals surface area (Å²) in [5, 5.41) is 13.2. The average molecular weight is 422 g/mol. The summed E-state index contributed by atoms with van der Waals surface area (Å²) in [6.07, 6.45) is 2.67. The van der Waals surface area contributed by atoms with Crippen molar-refractivity contribution in [1.82, 2.24) is 9.55 Å². The summed E-state index contributed by atoms with van der Waals surface area (Å²) < 4.78 is 37.1. The van der Waals surface area contributed by atoms with Crippen LogP contribution < -0.4 is 4.73 Å². The van der Waals surface area contributed by atoms with Crippen molar-refractivity contribution in [3.05, 3.63) is 41.5 Å². The van der Waals surface area contributed by atoms with E-state index < -0.39 is 15.4 Å². The van der Waals surface area contributed by atoms with Crippen LogP contribution in [-0.4, -0.2) is 48.8 Å². The molecule has 0 unspecified atom stereocenters. The standard InChI is InChI=1S/C20H27N3O5S/c1-5-27-13-18-21-16-12-23(24)17-9-7-6-8-15(17)19(16)22(18)14-20(2,3)28-10-11-29(4,25)26/h6-9,12H,5,10-11,13-14H2,1-4H3. The second kappa shape index (κ2) is 8.25. The molecular formula is C20H27N3O5S. The monoisotopic (exact) mass is 421 g/mol. The molecule has 2 aromatic heterocycles. The number of sulfone groups is 1. The van der Waals surface area contributed by atoms with E-state index in [9.17, 15) is 13.6 Å². The molecule has 2 heterocycles. The summed E-state index contributed by atoms with van der Waals surface area (Å²) in [7, 11) is -3.10. The van der Waals surface area contributed by atoms with Crippen molar-refractivity contribution >= 4 is 31.8 Å². The molecule has 0 saturated carbocycles. The molecule has 0 aliphatic rings. The molecule has 3 aromatic rings. The first-order valence-electron chi connectivity index (χ1n) is 9.51. The molecule has 1 aromatic carbocycles. The number of aromatic nitrogens is 3. The molecule has 3 rings (SSSR count). The number of pyridine rings is 1. The summed E-state index contributed by atoms with van der Waals surface area (Å²) in [6, 6.07) is 7.37. The van der Waals surface area contributed by atoms with Gasteiger partial charge in [-0.2, -0.15) is 4.73 Å². The molecule has 0 atom stereocenters. The minimum atomic E-state index is -3.10. The van der Waals surface area contributed by atoms with Crippen molar-refractivity contribution < 1.29 is 22.6 Å². The fraction of sp³-hybridized carbons (Fsp3) is 0.500. The third-order valence-electron chi connectivity index (χ3n) is 4.63. The Balaban J connectivity index is 2.05. The van der Waals surface area contributed by atoms with E-state index in [1.165, 1.54) is 12.5 Å². The Hall–Kier alpha value is -2.23. The molecule has 0 fully saturated rings. The molecule has 0 radical (unpaired) electrons. The zero-order valence-corrected chi connectivity index (χ0v) is 18.0. The molecule has 0 aliphatic carbocycles. The second-order valence-corrected chi connectivity index (χ2v) is 9.95. The van der Waals surface area contributed by atoms with E-state index >= 15 is 0 Å². The minimum Gasteiger partial charge on any atom is -0.618 e. The number of imidazole rings is 1. The largest absolute Gasteiger partial charge is 0.618 e. The van der Waals surface area contributed by atoms with Gasteiger partial charge in [0.05, 0.1) is 35.4 Å². The molecule has 8 nitrogen and oxygen atoms in total. The molecular weight excluding hydrogens is 394 g/mol. The van der Waals surface area contributed by atoms with Crippen molar-refractivity contribution in [2.24, 2.45) is 0 Å². The van der Waals surface area contributed by atoms with Crippen LogP contribution in [0.25, 0.3) is 21.9 Å². The van der Waals surface area contributed by atoms with Crippen LogP contribution in [-0.2, 0) is 32.5 Å². The average Bonchev–Trinajstić information content (AvgIpc) is 2.95. The molecule has 0 N–H and O–H groups in total. The van der Waals surface area contributed by atoms with E-state index in [0.29, 0.717) is 36.6 Å². The topological polar surface area (TPSA) is 97.4 Å². The molecule has 0 aliphatic heterocycles. The van der Waals surface area contributed by atoms with Gasteiger partial charge in [0.1, 0.15) is 22.3 Å². The quantitative estimate of drug-likeness (QED) is 0.388. The summed E-state index contributed by atoms with van der Waals surface area (Å²) in [6.45, 7) is 7.11.